The lowest BCUT2D eigenvalue weighted by atomic mass is 10.1. The molecule has 1 aliphatic rings. The number of aromatic nitrogens is 2. The van der Waals surface area contributed by atoms with Crippen LogP contribution in [0.5, 0.6) is 0 Å². The van der Waals surface area contributed by atoms with Crippen molar-refractivity contribution in [1.29, 1.82) is 0 Å². The minimum absolute atomic E-state index is 0.147. The van der Waals surface area contributed by atoms with Crippen LogP contribution < -0.4 is 21.8 Å². The fraction of sp³-hybridized carbons (Fsp3) is 0.167. The van der Waals surface area contributed by atoms with E-state index in [9.17, 15) is 24.5 Å². The van der Waals surface area contributed by atoms with Crippen LogP contribution in [0.2, 0.25) is 10.0 Å². The van der Waals surface area contributed by atoms with Gasteiger partial charge in [0.1, 0.15) is 0 Å². The van der Waals surface area contributed by atoms with E-state index in [4.69, 9.17) is 23.2 Å². The summed E-state index contributed by atoms with van der Waals surface area (Å²) >= 11 is 12.3. The van der Waals surface area contributed by atoms with Crippen LogP contribution in [0.15, 0.2) is 39.9 Å². The average Bonchev–Trinajstić information content (AvgIpc) is 2.70. The number of anilines is 2. The predicted molar refractivity (Wildman–Crippen MR) is 113 cm³/mol. The Morgan fingerprint density at radius 2 is 2.07 bits per heavy atom. The predicted octanol–water partition coefficient (Wildman–Crippen LogP) is 2.90. The molecular weight excluding hydrogens is 437 g/mol. The number of carbonyl (C=O) groups excluding carboxylic acids is 1. The van der Waals surface area contributed by atoms with Crippen LogP contribution in [0.3, 0.4) is 0 Å². The number of nitro benzene ring substituents is 1. The van der Waals surface area contributed by atoms with Gasteiger partial charge in [-0.25, -0.2) is 0 Å². The van der Waals surface area contributed by atoms with Crippen molar-refractivity contribution in [3.05, 3.63) is 71.2 Å². The topological polar surface area (TPSA) is 139 Å². The zero-order valence-electron chi connectivity index (χ0n) is 15.1. The second-order valence-corrected chi connectivity index (χ2v) is 7.45. The van der Waals surface area contributed by atoms with E-state index in [0.717, 1.165) is 0 Å². The molecule has 0 fully saturated rings. The molecule has 2 aromatic carbocycles. The molecule has 3 N–H and O–H groups in total. The van der Waals surface area contributed by atoms with Crippen molar-refractivity contribution < 1.29 is 9.72 Å². The number of aromatic amines is 1. The molecule has 1 unspecified atom stereocenters. The summed E-state index contributed by atoms with van der Waals surface area (Å²) in [5.41, 5.74) is -0.553. The maximum Gasteiger partial charge on any atom is 0.317 e. The van der Waals surface area contributed by atoms with E-state index in [1.807, 2.05) is 0 Å². The molecule has 0 radical (unpaired) electrons. The largest absolute Gasteiger partial charge is 0.380 e. The fourth-order valence-electron chi connectivity index (χ4n) is 3.46. The van der Waals surface area contributed by atoms with Gasteiger partial charge in [0.25, 0.3) is 5.69 Å². The van der Waals surface area contributed by atoms with E-state index in [2.05, 4.69) is 15.6 Å². The number of hydrogen-bond donors (Lipinski definition) is 3. The van der Waals surface area contributed by atoms with Gasteiger partial charge in [0.2, 0.25) is 5.91 Å². The number of nitrogens with zero attached hydrogens (tertiary/aromatic N) is 2. The van der Waals surface area contributed by atoms with Crippen LogP contribution in [0, 0.1) is 10.1 Å². The Bertz CT molecular complexity index is 1330. The minimum Gasteiger partial charge on any atom is -0.380 e. The third kappa shape index (κ3) is 3.40. The Labute approximate surface area is 177 Å². The van der Waals surface area contributed by atoms with Gasteiger partial charge in [0, 0.05) is 30.8 Å². The van der Waals surface area contributed by atoms with E-state index in [0.29, 0.717) is 16.7 Å². The van der Waals surface area contributed by atoms with Crippen LogP contribution >= 0.6 is 23.2 Å². The molecule has 1 aromatic heterocycles. The van der Waals surface area contributed by atoms with E-state index in [-0.39, 0.29) is 34.4 Å². The number of hydrogen-bond acceptors (Lipinski definition) is 6. The highest BCUT2D eigenvalue weighted by atomic mass is 35.5. The van der Waals surface area contributed by atoms with Crippen LogP contribution in [0.25, 0.3) is 11.0 Å². The van der Waals surface area contributed by atoms with Crippen LogP contribution in [-0.4, -0.2) is 26.9 Å². The Balaban J connectivity index is 1.70. The first-order valence-electron chi connectivity index (χ1n) is 8.71. The van der Waals surface area contributed by atoms with Crippen molar-refractivity contribution >= 4 is 57.2 Å². The van der Waals surface area contributed by atoms with Gasteiger partial charge in [-0.1, -0.05) is 29.3 Å². The van der Waals surface area contributed by atoms with Crippen molar-refractivity contribution in [1.82, 2.24) is 9.55 Å². The molecule has 3 aromatic rings. The van der Waals surface area contributed by atoms with E-state index in [1.54, 1.807) is 0 Å². The number of halogens is 2. The highest BCUT2D eigenvalue weighted by Gasteiger charge is 2.28. The summed E-state index contributed by atoms with van der Waals surface area (Å²) in [4.78, 5) is 50.0. The first-order chi connectivity index (χ1) is 14.3. The van der Waals surface area contributed by atoms with Crippen LogP contribution in [0.4, 0.5) is 17.1 Å². The van der Waals surface area contributed by atoms with Crippen molar-refractivity contribution in [3.63, 3.8) is 0 Å². The van der Waals surface area contributed by atoms with Gasteiger partial charge in [0.15, 0.2) is 0 Å². The number of non-ortho nitro benzene ring substituents is 1. The lowest BCUT2D eigenvalue weighted by Gasteiger charge is -2.29. The van der Waals surface area contributed by atoms with Gasteiger partial charge in [-0.15, -0.1) is 0 Å². The molecule has 4 rings (SSSR count). The molecule has 10 nitrogen and oxygen atoms in total. The molecule has 12 heteroatoms. The smallest absolute Gasteiger partial charge is 0.317 e. The Kier molecular flexibility index (Phi) is 4.96. The number of benzene rings is 2. The monoisotopic (exact) mass is 449 g/mol. The van der Waals surface area contributed by atoms with Crippen molar-refractivity contribution in [2.45, 2.75) is 12.5 Å². The SMILES string of the molecule is O=C(CC1CNc2c(Cl)c(Cl)cc3[nH]c(=O)c(=O)n1c23)Nc1cccc([N+](=O)[O-])c1. The molecule has 154 valence electrons. The highest BCUT2D eigenvalue weighted by molar-refractivity contribution is 6.45. The Hall–Kier alpha value is -3.37. The highest BCUT2D eigenvalue weighted by Crippen LogP contribution is 2.39. The zero-order valence-corrected chi connectivity index (χ0v) is 16.6. The summed E-state index contributed by atoms with van der Waals surface area (Å²) in [6, 6.07) is 6.24. The fourth-order valence-corrected chi connectivity index (χ4v) is 3.87. The second-order valence-electron chi connectivity index (χ2n) is 6.67. The van der Waals surface area contributed by atoms with Gasteiger partial charge in [-0.2, -0.15) is 0 Å². The molecule has 30 heavy (non-hydrogen) atoms. The number of nitrogens with one attached hydrogen (secondary N) is 3. The number of H-pyrrole nitrogens is 1. The molecular formula is C18H13Cl2N5O5. The Morgan fingerprint density at radius 1 is 1.30 bits per heavy atom. The third-order valence-electron chi connectivity index (χ3n) is 4.74. The van der Waals surface area contributed by atoms with Crippen LogP contribution in [0.1, 0.15) is 12.5 Å². The molecule has 0 saturated carbocycles. The molecule has 1 aliphatic heterocycles. The van der Waals surface area contributed by atoms with Crippen molar-refractivity contribution in [2.75, 3.05) is 17.2 Å². The van der Waals surface area contributed by atoms with Gasteiger partial charge in [-0.3, -0.25) is 29.1 Å². The number of nitro groups is 1. The first-order valence-corrected chi connectivity index (χ1v) is 9.46. The lowest BCUT2D eigenvalue weighted by molar-refractivity contribution is -0.384. The number of amides is 1. The third-order valence-corrected chi connectivity index (χ3v) is 5.52. The zero-order chi connectivity index (χ0) is 21.6. The summed E-state index contributed by atoms with van der Waals surface area (Å²) in [6.07, 6.45) is -0.159. The van der Waals surface area contributed by atoms with Gasteiger partial charge in [0.05, 0.1) is 37.7 Å². The summed E-state index contributed by atoms with van der Waals surface area (Å²) in [5, 5.41) is 16.9. The van der Waals surface area contributed by atoms with Gasteiger partial charge < -0.3 is 15.6 Å². The average molecular weight is 450 g/mol. The normalized spacial score (nSPS) is 14.9. The molecule has 1 amide bonds. The maximum atomic E-state index is 12.6. The lowest BCUT2D eigenvalue weighted by Crippen LogP contribution is -2.43. The maximum absolute atomic E-state index is 12.6. The number of carbonyl (C=O) groups is 1. The van der Waals surface area contributed by atoms with Gasteiger partial charge in [-0.05, 0) is 12.1 Å². The number of rotatable bonds is 4. The molecule has 0 aliphatic carbocycles. The summed E-state index contributed by atoms with van der Waals surface area (Å²) < 4.78 is 1.23. The first kappa shape index (κ1) is 19.9. The summed E-state index contributed by atoms with van der Waals surface area (Å²) in [5.74, 6) is -0.480. The van der Waals surface area contributed by atoms with Crippen molar-refractivity contribution in [3.8, 4) is 0 Å². The van der Waals surface area contributed by atoms with Gasteiger partial charge >= 0.3 is 11.1 Å². The Morgan fingerprint density at radius 3 is 2.80 bits per heavy atom. The molecule has 1 atom stereocenters. The van der Waals surface area contributed by atoms with E-state index >= 15 is 0 Å². The summed E-state index contributed by atoms with van der Waals surface area (Å²) in [6.45, 7) is 0.147. The van der Waals surface area contributed by atoms with Crippen molar-refractivity contribution in [2.24, 2.45) is 0 Å². The molecule has 2 heterocycles. The minimum atomic E-state index is -0.849. The quantitative estimate of drug-likeness (QED) is 0.317. The van der Waals surface area contributed by atoms with E-state index < -0.39 is 28.0 Å². The second kappa shape index (κ2) is 7.47. The summed E-state index contributed by atoms with van der Waals surface area (Å²) in [7, 11) is 0. The molecule has 0 spiro atoms. The molecule has 0 bridgehead atoms. The molecule has 0 saturated heterocycles. The van der Waals surface area contributed by atoms with Crippen LogP contribution in [-0.2, 0) is 4.79 Å². The van der Waals surface area contributed by atoms with E-state index in [1.165, 1.54) is 34.9 Å². The standard InChI is InChI=1S/C18H13Cl2N5O5/c19-11-6-12-16-15(14(11)20)21-7-10(24(16)18(28)17(27)23-12)5-13(26)22-8-2-1-3-9(4-8)25(29)30/h1-4,6,10,21H,5,7H2,(H,22,26)(H,23,27).